The number of halogens is 1. The number of hydrogen-bond donors (Lipinski definition) is 4. The van der Waals surface area contributed by atoms with Gasteiger partial charge >= 0.3 is 5.97 Å². The molecule has 5 N–H and O–H groups in total. The van der Waals surface area contributed by atoms with Gasteiger partial charge in [-0.3, -0.25) is 14.4 Å². The number of unbranched alkanes of at least 4 members (excludes halogenated alkanes) is 1. The molecule has 0 aliphatic rings. The Labute approximate surface area is 127 Å². The third kappa shape index (κ3) is 12.7. The van der Waals surface area contributed by atoms with Crippen LogP contribution in [0.5, 0.6) is 0 Å². The smallest absolute Gasteiger partial charge is 0.320 e. The molecule has 0 aliphatic carbocycles. The van der Waals surface area contributed by atoms with E-state index in [2.05, 4.69) is 20.7 Å². The number of nitrogens with two attached hydrogens (primary N) is 1. The molecule has 0 saturated carbocycles. The molecule has 0 saturated heterocycles. The SMILES string of the molecule is Cl.[N-]=[N+]=NCC(=O)NCC(=O)NCCCC[C@H](N)C(=O)O. The zero-order valence-electron chi connectivity index (χ0n) is 11.3. The lowest BCUT2D eigenvalue weighted by atomic mass is 10.1. The Bertz CT molecular complexity index is 399. The lowest BCUT2D eigenvalue weighted by molar-refractivity contribution is -0.138. The van der Waals surface area contributed by atoms with Crippen LogP contribution >= 0.6 is 12.4 Å². The molecular weight excluding hydrogens is 304 g/mol. The summed E-state index contributed by atoms with van der Waals surface area (Å²) in [6.07, 6.45) is 1.52. The molecule has 0 rings (SSSR count). The minimum absolute atomic E-state index is 0. The van der Waals surface area contributed by atoms with Crippen LogP contribution in [-0.4, -0.2) is 48.6 Å². The minimum Gasteiger partial charge on any atom is -0.480 e. The highest BCUT2D eigenvalue weighted by atomic mass is 35.5. The maximum absolute atomic E-state index is 11.3. The van der Waals surface area contributed by atoms with E-state index in [4.69, 9.17) is 16.4 Å². The van der Waals surface area contributed by atoms with Crippen LogP contribution in [0.25, 0.3) is 10.4 Å². The van der Waals surface area contributed by atoms with E-state index in [1.807, 2.05) is 0 Å². The fraction of sp³-hybridized carbons (Fsp3) is 0.700. The standard InChI is InChI=1S/C10H18N6O4.ClH/c11-7(10(19)20)3-1-2-4-13-8(17)5-14-9(18)6-15-16-12;/h7H,1-6,11H2,(H,13,17)(H,14,18)(H,19,20);1H/t7-;/m0./s1. The Hall–Kier alpha value is -2.03. The molecule has 0 aromatic heterocycles. The molecule has 0 aliphatic heterocycles. The Morgan fingerprint density at radius 3 is 2.48 bits per heavy atom. The zero-order chi connectivity index (χ0) is 15.4. The van der Waals surface area contributed by atoms with Gasteiger partial charge in [-0.2, -0.15) is 0 Å². The van der Waals surface area contributed by atoms with Crippen molar-refractivity contribution in [3.63, 3.8) is 0 Å². The van der Waals surface area contributed by atoms with E-state index in [1.165, 1.54) is 0 Å². The summed E-state index contributed by atoms with van der Waals surface area (Å²) in [6.45, 7) is -0.178. The van der Waals surface area contributed by atoms with Gasteiger partial charge in [0, 0.05) is 11.5 Å². The van der Waals surface area contributed by atoms with Crippen LogP contribution in [0.2, 0.25) is 0 Å². The first-order chi connectivity index (χ1) is 9.47. The molecule has 0 aromatic carbocycles. The highest BCUT2D eigenvalue weighted by molar-refractivity contribution is 5.85. The summed E-state index contributed by atoms with van der Waals surface area (Å²) in [6, 6.07) is -0.884. The van der Waals surface area contributed by atoms with Crippen LogP contribution in [-0.2, 0) is 14.4 Å². The monoisotopic (exact) mass is 322 g/mol. The van der Waals surface area contributed by atoms with Gasteiger partial charge in [0.2, 0.25) is 11.8 Å². The normalized spacial score (nSPS) is 10.5. The number of aliphatic carboxylic acids is 1. The minimum atomic E-state index is -1.04. The first-order valence-corrected chi connectivity index (χ1v) is 6.00. The third-order valence-corrected chi connectivity index (χ3v) is 2.30. The summed E-state index contributed by atoms with van der Waals surface area (Å²) in [5.41, 5.74) is 13.3. The summed E-state index contributed by atoms with van der Waals surface area (Å²) in [5.74, 6) is -1.95. The number of carbonyl (C=O) groups excluding carboxylic acids is 2. The van der Waals surface area contributed by atoms with Gasteiger partial charge in [-0.05, 0) is 24.8 Å². The van der Waals surface area contributed by atoms with Crippen LogP contribution in [0, 0.1) is 0 Å². The molecule has 0 spiro atoms. The molecule has 0 unspecified atom stereocenters. The van der Waals surface area contributed by atoms with Gasteiger partial charge in [0.15, 0.2) is 0 Å². The van der Waals surface area contributed by atoms with Crippen LogP contribution in [0.15, 0.2) is 5.11 Å². The van der Waals surface area contributed by atoms with E-state index in [0.29, 0.717) is 25.8 Å². The largest absolute Gasteiger partial charge is 0.480 e. The number of carbonyl (C=O) groups is 3. The number of azide groups is 1. The maximum atomic E-state index is 11.3. The van der Waals surface area contributed by atoms with Crippen molar-refractivity contribution < 1.29 is 19.5 Å². The molecule has 11 heteroatoms. The molecule has 0 bridgehead atoms. The van der Waals surface area contributed by atoms with Crippen molar-refractivity contribution in [1.82, 2.24) is 10.6 Å². The van der Waals surface area contributed by atoms with E-state index in [-0.39, 0.29) is 31.4 Å². The van der Waals surface area contributed by atoms with Gasteiger partial charge in [-0.1, -0.05) is 5.11 Å². The van der Waals surface area contributed by atoms with Crippen molar-refractivity contribution in [3.05, 3.63) is 10.4 Å². The van der Waals surface area contributed by atoms with Crippen molar-refractivity contribution >= 4 is 30.2 Å². The van der Waals surface area contributed by atoms with E-state index < -0.39 is 17.9 Å². The molecule has 0 radical (unpaired) electrons. The van der Waals surface area contributed by atoms with E-state index in [0.717, 1.165) is 0 Å². The third-order valence-electron chi connectivity index (χ3n) is 2.30. The number of amides is 2. The molecule has 0 fully saturated rings. The Kier molecular flexibility index (Phi) is 13.1. The molecule has 21 heavy (non-hydrogen) atoms. The molecule has 1 atom stereocenters. The van der Waals surface area contributed by atoms with Gasteiger partial charge in [0.05, 0.1) is 6.54 Å². The number of nitrogens with zero attached hydrogens (tertiary/aromatic N) is 3. The molecular formula is C10H19ClN6O4. The summed E-state index contributed by atoms with van der Waals surface area (Å²) < 4.78 is 0. The Morgan fingerprint density at radius 1 is 1.24 bits per heavy atom. The lowest BCUT2D eigenvalue weighted by Gasteiger charge is -2.07. The highest BCUT2D eigenvalue weighted by Crippen LogP contribution is 1.98. The summed E-state index contributed by atoms with van der Waals surface area (Å²) in [4.78, 5) is 35.1. The van der Waals surface area contributed by atoms with Crippen molar-refractivity contribution in [2.24, 2.45) is 10.8 Å². The second-order valence-corrected chi connectivity index (χ2v) is 3.96. The van der Waals surface area contributed by atoms with Gasteiger partial charge < -0.3 is 21.5 Å². The van der Waals surface area contributed by atoms with Gasteiger partial charge in [-0.15, -0.1) is 12.4 Å². The molecule has 0 aromatic rings. The predicted octanol–water partition coefficient (Wildman–Crippen LogP) is -0.467. The van der Waals surface area contributed by atoms with E-state index >= 15 is 0 Å². The van der Waals surface area contributed by atoms with Gasteiger partial charge in [-0.25, -0.2) is 0 Å². The number of nitrogens with one attached hydrogen (secondary N) is 2. The second-order valence-electron chi connectivity index (χ2n) is 3.96. The van der Waals surface area contributed by atoms with Gasteiger partial charge in [0.25, 0.3) is 0 Å². The molecule has 10 nitrogen and oxygen atoms in total. The fourth-order valence-corrected chi connectivity index (χ4v) is 1.23. The highest BCUT2D eigenvalue weighted by Gasteiger charge is 2.10. The second kappa shape index (κ2) is 13.0. The first-order valence-electron chi connectivity index (χ1n) is 6.00. The van der Waals surface area contributed by atoms with Crippen molar-refractivity contribution in [3.8, 4) is 0 Å². The average molecular weight is 323 g/mol. The van der Waals surface area contributed by atoms with Crippen LogP contribution in [0.3, 0.4) is 0 Å². The molecule has 0 heterocycles. The zero-order valence-corrected chi connectivity index (χ0v) is 12.1. The topological polar surface area (TPSA) is 170 Å². The van der Waals surface area contributed by atoms with Crippen LogP contribution < -0.4 is 16.4 Å². The quantitative estimate of drug-likeness (QED) is 0.184. The molecule has 120 valence electrons. The van der Waals surface area contributed by atoms with Crippen LogP contribution in [0.1, 0.15) is 19.3 Å². The van der Waals surface area contributed by atoms with Crippen molar-refractivity contribution in [2.75, 3.05) is 19.6 Å². The Balaban J connectivity index is 0. The number of carboxylic acid groups (broad SMARTS) is 1. The summed E-state index contributed by atoms with van der Waals surface area (Å²) in [7, 11) is 0. The van der Waals surface area contributed by atoms with Crippen LogP contribution in [0.4, 0.5) is 0 Å². The average Bonchev–Trinajstić information content (AvgIpc) is 2.41. The van der Waals surface area contributed by atoms with E-state index in [1.54, 1.807) is 0 Å². The Morgan fingerprint density at radius 2 is 1.90 bits per heavy atom. The van der Waals surface area contributed by atoms with Gasteiger partial charge in [0.1, 0.15) is 12.6 Å². The first kappa shape index (κ1) is 21.3. The lowest BCUT2D eigenvalue weighted by Crippen LogP contribution is -2.38. The van der Waals surface area contributed by atoms with Crippen molar-refractivity contribution in [1.29, 1.82) is 0 Å². The number of carboxylic acids is 1. The summed E-state index contributed by atoms with van der Waals surface area (Å²) in [5, 5.41) is 16.4. The summed E-state index contributed by atoms with van der Waals surface area (Å²) >= 11 is 0. The predicted molar refractivity (Wildman–Crippen MR) is 76.7 cm³/mol. The van der Waals surface area contributed by atoms with E-state index in [9.17, 15) is 14.4 Å². The maximum Gasteiger partial charge on any atom is 0.320 e. The van der Waals surface area contributed by atoms with Crippen molar-refractivity contribution in [2.45, 2.75) is 25.3 Å². The fourth-order valence-electron chi connectivity index (χ4n) is 1.23. The number of rotatable bonds is 10. The number of hydrogen-bond acceptors (Lipinski definition) is 5. The molecule has 2 amide bonds.